The number of fused-ring (bicyclic) bond motifs is 5. The summed E-state index contributed by atoms with van der Waals surface area (Å²) in [5.74, 6) is 1.79. The van der Waals surface area contributed by atoms with Gasteiger partial charge in [-0.2, -0.15) is 9.97 Å². The monoisotopic (exact) mass is 679 g/mol. The van der Waals surface area contributed by atoms with Crippen LogP contribution in [0.15, 0.2) is 48.7 Å². The summed E-state index contributed by atoms with van der Waals surface area (Å²) < 4.78 is 43.8. The SMILES string of the molecule is C#Cc1c(F)ccc2cccc(-c3ncc4c(N5C[C@H]6CC[C@@H](C5)N6)nc(OC[C@@]56CC[C@@H](COC(=O)N(C)C)N5CC(=C)C6)nc4c3F)c12. The van der Waals surface area contributed by atoms with Crippen LogP contribution in [0.1, 0.15) is 37.7 Å². The summed E-state index contributed by atoms with van der Waals surface area (Å²) >= 11 is 0. The summed E-state index contributed by atoms with van der Waals surface area (Å²) in [6.45, 7) is 6.90. The van der Waals surface area contributed by atoms with Gasteiger partial charge in [-0.25, -0.2) is 13.6 Å². The molecule has 2 aromatic heterocycles. The minimum absolute atomic E-state index is 0.0175. The second-order valence-electron chi connectivity index (χ2n) is 14.3. The summed E-state index contributed by atoms with van der Waals surface area (Å²) in [7, 11) is 3.32. The number of aromatic nitrogens is 3. The Kier molecular flexibility index (Phi) is 8.07. The highest BCUT2D eigenvalue weighted by molar-refractivity contribution is 6.02. The third kappa shape index (κ3) is 5.49. The molecule has 2 bridgehead atoms. The van der Waals surface area contributed by atoms with Crippen molar-refractivity contribution in [3.05, 3.63) is 65.9 Å². The number of nitrogens with one attached hydrogen (secondary N) is 1. The van der Waals surface area contributed by atoms with E-state index in [1.807, 2.05) is 6.07 Å². The van der Waals surface area contributed by atoms with Gasteiger partial charge in [-0.15, -0.1) is 6.42 Å². The molecule has 0 unspecified atom stereocenters. The molecule has 0 radical (unpaired) electrons. The number of halogens is 2. The number of hydrogen-bond donors (Lipinski definition) is 1. The number of carbonyl (C=O) groups is 1. The number of pyridine rings is 1. The maximum Gasteiger partial charge on any atom is 0.409 e. The molecule has 0 aliphatic carbocycles. The van der Waals surface area contributed by atoms with Crippen molar-refractivity contribution in [3.8, 4) is 29.6 Å². The lowest BCUT2D eigenvalue weighted by molar-refractivity contribution is 0.0485. The third-order valence-electron chi connectivity index (χ3n) is 10.8. The first-order chi connectivity index (χ1) is 24.1. The molecule has 6 heterocycles. The topological polar surface area (TPSA) is 96.0 Å². The van der Waals surface area contributed by atoms with Crippen LogP contribution in [0.3, 0.4) is 0 Å². The molecule has 12 heteroatoms. The molecular weight excluding hydrogens is 640 g/mol. The highest BCUT2D eigenvalue weighted by Crippen LogP contribution is 2.45. The zero-order valence-corrected chi connectivity index (χ0v) is 28.2. The molecule has 4 saturated heterocycles. The van der Waals surface area contributed by atoms with Gasteiger partial charge in [-0.05, 0) is 43.6 Å². The van der Waals surface area contributed by atoms with Gasteiger partial charge in [0.1, 0.15) is 36.1 Å². The number of rotatable bonds is 7. The Bertz CT molecular complexity index is 2070. The molecule has 0 spiro atoms. The number of piperazine rings is 1. The lowest BCUT2D eigenvalue weighted by Gasteiger charge is -2.35. The van der Waals surface area contributed by atoms with E-state index in [4.69, 9.17) is 20.9 Å². The van der Waals surface area contributed by atoms with E-state index in [9.17, 15) is 9.18 Å². The number of ether oxygens (including phenoxy) is 2. The Balaban J connectivity index is 1.18. The van der Waals surface area contributed by atoms with Gasteiger partial charge in [0.15, 0.2) is 5.82 Å². The van der Waals surface area contributed by atoms with Crippen LogP contribution in [-0.2, 0) is 4.74 Å². The summed E-state index contributed by atoms with van der Waals surface area (Å²) in [4.78, 5) is 32.3. The van der Waals surface area contributed by atoms with Crippen molar-refractivity contribution >= 4 is 33.6 Å². The number of amides is 1. The Morgan fingerprint density at radius 2 is 1.96 bits per heavy atom. The Morgan fingerprint density at radius 1 is 1.16 bits per heavy atom. The first kappa shape index (κ1) is 32.4. The highest BCUT2D eigenvalue weighted by atomic mass is 19.1. The molecule has 2 aromatic carbocycles. The average Bonchev–Trinajstić information content (AvgIpc) is 3.74. The van der Waals surface area contributed by atoms with Gasteiger partial charge in [-0.1, -0.05) is 42.3 Å². The molecular formula is C38H39F2N7O3. The van der Waals surface area contributed by atoms with Crippen molar-refractivity contribution < 1.29 is 23.0 Å². The van der Waals surface area contributed by atoms with E-state index in [0.717, 1.165) is 37.7 Å². The number of anilines is 1. The Labute approximate surface area is 289 Å². The molecule has 4 aliphatic rings. The van der Waals surface area contributed by atoms with E-state index in [1.165, 1.54) is 11.0 Å². The van der Waals surface area contributed by atoms with E-state index in [1.54, 1.807) is 38.5 Å². The zero-order chi connectivity index (χ0) is 34.7. The first-order valence-corrected chi connectivity index (χ1v) is 17.1. The zero-order valence-electron chi connectivity index (χ0n) is 28.2. The minimum atomic E-state index is -0.661. The summed E-state index contributed by atoms with van der Waals surface area (Å²) in [6.07, 6.45) is 11.5. The van der Waals surface area contributed by atoms with Gasteiger partial charge in [0.2, 0.25) is 0 Å². The van der Waals surface area contributed by atoms with Crippen LogP contribution < -0.4 is 15.0 Å². The predicted molar refractivity (Wildman–Crippen MR) is 187 cm³/mol. The second kappa shape index (κ2) is 12.5. The smallest absolute Gasteiger partial charge is 0.409 e. The lowest BCUT2D eigenvalue weighted by Crippen LogP contribution is -2.51. The van der Waals surface area contributed by atoms with Crippen LogP contribution in [0.2, 0.25) is 0 Å². The van der Waals surface area contributed by atoms with Gasteiger partial charge in [0, 0.05) is 69.0 Å². The van der Waals surface area contributed by atoms with Crippen LogP contribution in [0.25, 0.3) is 32.9 Å². The fourth-order valence-electron chi connectivity index (χ4n) is 8.42. The summed E-state index contributed by atoms with van der Waals surface area (Å²) in [5.41, 5.74) is 1.22. The van der Waals surface area contributed by atoms with Crippen molar-refractivity contribution in [3.63, 3.8) is 0 Å². The molecule has 10 nitrogen and oxygen atoms in total. The number of terminal acetylenes is 1. The minimum Gasteiger partial charge on any atom is -0.461 e. The number of carbonyl (C=O) groups excluding carboxylic acids is 1. The van der Waals surface area contributed by atoms with Gasteiger partial charge in [0.25, 0.3) is 0 Å². The van der Waals surface area contributed by atoms with Gasteiger partial charge < -0.3 is 24.6 Å². The molecule has 4 aromatic rings. The normalized spacial score (nSPS) is 24.5. The van der Waals surface area contributed by atoms with E-state index in [2.05, 4.69) is 37.6 Å². The lowest BCUT2D eigenvalue weighted by atomic mass is 9.94. The van der Waals surface area contributed by atoms with Crippen molar-refractivity contribution in [2.75, 3.05) is 51.8 Å². The average molecular weight is 680 g/mol. The Hall–Kier alpha value is -4.86. The maximum atomic E-state index is 16.9. The Morgan fingerprint density at radius 3 is 2.72 bits per heavy atom. The fraction of sp³-hybridized carbons (Fsp3) is 0.421. The van der Waals surface area contributed by atoms with Crippen LogP contribution in [0.5, 0.6) is 6.01 Å². The fourth-order valence-corrected chi connectivity index (χ4v) is 8.42. The third-order valence-corrected chi connectivity index (χ3v) is 10.8. The summed E-state index contributed by atoms with van der Waals surface area (Å²) in [5, 5.41) is 5.21. The van der Waals surface area contributed by atoms with Crippen molar-refractivity contribution in [2.24, 2.45) is 0 Å². The van der Waals surface area contributed by atoms with Crippen LogP contribution >= 0.6 is 0 Å². The van der Waals surface area contributed by atoms with Crippen LogP contribution in [0.4, 0.5) is 19.4 Å². The quantitative estimate of drug-likeness (QED) is 0.207. The maximum absolute atomic E-state index is 16.9. The molecule has 0 saturated carbocycles. The molecule has 4 fully saturated rings. The number of benzene rings is 2. The molecule has 1 amide bonds. The van der Waals surface area contributed by atoms with Crippen LogP contribution in [0, 0.1) is 24.0 Å². The van der Waals surface area contributed by atoms with E-state index < -0.39 is 11.6 Å². The first-order valence-electron chi connectivity index (χ1n) is 17.1. The van der Waals surface area contributed by atoms with Gasteiger partial charge in [-0.3, -0.25) is 9.88 Å². The molecule has 4 aliphatic heterocycles. The predicted octanol–water partition coefficient (Wildman–Crippen LogP) is 5.29. The number of hydrogen-bond acceptors (Lipinski definition) is 9. The number of nitrogens with zero attached hydrogens (tertiary/aromatic N) is 6. The molecule has 258 valence electrons. The van der Waals surface area contributed by atoms with Gasteiger partial charge in [0.05, 0.1) is 16.5 Å². The summed E-state index contributed by atoms with van der Waals surface area (Å²) in [6, 6.07) is 8.92. The molecule has 4 atom stereocenters. The molecule has 50 heavy (non-hydrogen) atoms. The van der Waals surface area contributed by atoms with E-state index in [-0.39, 0.29) is 53.7 Å². The largest absolute Gasteiger partial charge is 0.461 e. The standard InChI is InChI=1S/C38H39F2N7O3/c1-5-27-30(39)12-9-23-7-6-8-28(31(23)27)33-32(40)34-29(16-41-33)35(46-18-24-10-11-25(19-46)42-24)44-36(43-34)50-21-38-14-13-26(20-49-37(48)45(3)4)47(38)17-22(2)15-38/h1,6-9,12,16,24-26,42H,2,10-11,13-15,17-21H2,3-4H3/t24-,25+,26-,38-/m0/s1. The van der Waals surface area contributed by atoms with Crippen molar-refractivity contribution in [1.82, 2.24) is 30.1 Å². The van der Waals surface area contributed by atoms with E-state index in [0.29, 0.717) is 59.3 Å². The van der Waals surface area contributed by atoms with Crippen molar-refractivity contribution in [1.29, 1.82) is 0 Å². The van der Waals surface area contributed by atoms with E-state index >= 15 is 4.39 Å². The molecule has 8 rings (SSSR count). The molecule has 1 N–H and O–H groups in total. The van der Waals surface area contributed by atoms with Gasteiger partial charge >= 0.3 is 12.1 Å². The van der Waals surface area contributed by atoms with Crippen LogP contribution in [-0.4, -0.2) is 101 Å². The second-order valence-corrected chi connectivity index (χ2v) is 14.3. The highest BCUT2D eigenvalue weighted by Gasteiger charge is 2.51. The van der Waals surface area contributed by atoms with Crippen molar-refractivity contribution in [2.45, 2.75) is 55.8 Å².